The van der Waals surface area contributed by atoms with E-state index >= 15 is 0 Å². The smallest absolute Gasteiger partial charge is 0.222 e. The van der Waals surface area contributed by atoms with Crippen molar-refractivity contribution in [1.82, 2.24) is 14.8 Å². The zero-order chi connectivity index (χ0) is 24.7. The lowest BCUT2D eigenvalue weighted by Gasteiger charge is -2.18. The summed E-state index contributed by atoms with van der Waals surface area (Å²) in [5.41, 5.74) is 6.33. The Morgan fingerprint density at radius 1 is 0.667 bits per heavy atom. The standard InChI is InChI=1S/C29H26BCl2N3Si/c31-25-15-11-23(12-16-25)28(24-13-17-26(32)18-14-24)36-20-35-19-33-29(34-35)30-27(21-7-3-1-4-8-21)22-9-5-2-6-10-22/h1-19,27-28,30H,20,36H2. The van der Waals surface area contributed by atoms with Gasteiger partial charge in [0.2, 0.25) is 7.28 Å². The molecule has 7 heteroatoms. The minimum atomic E-state index is -0.635. The van der Waals surface area contributed by atoms with Gasteiger partial charge in [-0.15, -0.1) is 0 Å². The van der Waals surface area contributed by atoms with Gasteiger partial charge in [-0.1, -0.05) is 108 Å². The van der Waals surface area contributed by atoms with Crippen LogP contribution in [0.5, 0.6) is 0 Å². The van der Waals surface area contributed by atoms with Crippen molar-refractivity contribution in [2.24, 2.45) is 0 Å². The Kier molecular flexibility index (Phi) is 8.02. The fraction of sp³-hybridized carbons (Fsp3) is 0.103. The van der Waals surface area contributed by atoms with E-state index in [1.165, 1.54) is 22.3 Å². The van der Waals surface area contributed by atoms with Gasteiger partial charge in [-0.05, 0) is 57.9 Å². The lowest BCUT2D eigenvalue weighted by atomic mass is 9.58. The highest BCUT2D eigenvalue weighted by Gasteiger charge is 2.20. The number of nitrogens with zero attached hydrogens (tertiary/aromatic N) is 3. The number of aromatic nitrogens is 3. The van der Waals surface area contributed by atoms with E-state index in [4.69, 9.17) is 33.3 Å². The Hall–Kier alpha value is -3.12. The summed E-state index contributed by atoms with van der Waals surface area (Å²) < 4.78 is 2.02. The maximum atomic E-state index is 6.16. The number of hydrogen-bond acceptors (Lipinski definition) is 2. The van der Waals surface area contributed by atoms with Crippen molar-refractivity contribution in [3.63, 3.8) is 0 Å². The third-order valence-electron chi connectivity index (χ3n) is 6.57. The number of halogens is 2. The van der Waals surface area contributed by atoms with Crippen LogP contribution in [-0.4, -0.2) is 31.6 Å². The third-order valence-corrected chi connectivity index (χ3v) is 9.31. The summed E-state index contributed by atoms with van der Waals surface area (Å²) in [5, 5.41) is 6.39. The van der Waals surface area contributed by atoms with Crippen LogP contribution in [0.1, 0.15) is 33.6 Å². The number of rotatable bonds is 9. The predicted octanol–water partition coefficient (Wildman–Crippen LogP) is 5.35. The molecule has 5 aromatic rings. The van der Waals surface area contributed by atoms with E-state index in [-0.39, 0.29) is 5.82 Å². The van der Waals surface area contributed by atoms with E-state index in [0.29, 0.717) is 5.54 Å². The van der Waals surface area contributed by atoms with Crippen LogP contribution in [0.25, 0.3) is 0 Å². The van der Waals surface area contributed by atoms with Crippen molar-refractivity contribution in [3.05, 3.63) is 148 Å². The van der Waals surface area contributed by atoms with E-state index in [9.17, 15) is 0 Å². The van der Waals surface area contributed by atoms with E-state index in [1.807, 2.05) is 35.3 Å². The Morgan fingerprint density at radius 3 is 1.67 bits per heavy atom. The first-order valence-corrected chi connectivity index (χ1v) is 14.7. The molecule has 0 amide bonds. The van der Waals surface area contributed by atoms with Crippen molar-refractivity contribution in [3.8, 4) is 0 Å². The topological polar surface area (TPSA) is 30.7 Å². The third kappa shape index (κ3) is 6.16. The van der Waals surface area contributed by atoms with Gasteiger partial charge in [0.05, 0.1) is 9.52 Å². The molecule has 4 aromatic carbocycles. The lowest BCUT2D eigenvalue weighted by molar-refractivity contribution is 0.735. The summed E-state index contributed by atoms with van der Waals surface area (Å²) in [4.78, 5) is 4.69. The maximum Gasteiger partial charge on any atom is 0.222 e. The molecule has 0 aliphatic carbocycles. The van der Waals surface area contributed by atoms with Gasteiger partial charge >= 0.3 is 0 Å². The van der Waals surface area contributed by atoms with E-state index < -0.39 is 9.52 Å². The van der Waals surface area contributed by atoms with E-state index in [2.05, 4.69) is 84.9 Å². The van der Waals surface area contributed by atoms with Gasteiger partial charge in [-0.25, -0.2) is 4.98 Å². The second kappa shape index (κ2) is 11.7. The molecule has 0 fully saturated rings. The van der Waals surface area contributed by atoms with Crippen LogP contribution in [0.3, 0.4) is 0 Å². The van der Waals surface area contributed by atoms with Gasteiger partial charge in [0.1, 0.15) is 12.1 Å². The summed E-state index contributed by atoms with van der Waals surface area (Å²) >= 11 is 12.3. The molecular weight excluding hydrogens is 500 g/mol. The van der Waals surface area contributed by atoms with Crippen LogP contribution in [0, 0.1) is 0 Å². The Labute approximate surface area is 225 Å². The second-order valence-corrected chi connectivity index (χ2v) is 11.7. The summed E-state index contributed by atoms with van der Waals surface area (Å²) in [5.74, 6) is 0.219. The highest BCUT2D eigenvalue weighted by Crippen LogP contribution is 2.27. The fourth-order valence-corrected chi connectivity index (χ4v) is 6.89. The summed E-state index contributed by atoms with van der Waals surface area (Å²) in [6, 6.07) is 37.6. The van der Waals surface area contributed by atoms with Gasteiger partial charge in [-0.3, -0.25) is 4.68 Å². The molecule has 0 saturated carbocycles. The van der Waals surface area contributed by atoms with Crippen LogP contribution >= 0.6 is 23.2 Å². The van der Waals surface area contributed by atoms with Gasteiger partial charge in [0.15, 0.2) is 0 Å². The second-order valence-electron chi connectivity index (χ2n) is 8.95. The van der Waals surface area contributed by atoms with Gasteiger partial charge in [0, 0.05) is 16.2 Å². The first kappa shape index (κ1) is 24.6. The summed E-state index contributed by atoms with van der Waals surface area (Å²) in [6.45, 7) is 0. The molecule has 0 saturated heterocycles. The zero-order valence-corrected chi connectivity index (χ0v) is 22.8. The average molecular weight is 526 g/mol. The molecule has 0 radical (unpaired) electrons. The Bertz CT molecular complexity index is 1290. The number of hydrogen-bond donors (Lipinski definition) is 0. The molecule has 3 nitrogen and oxygen atoms in total. The predicted molar refractivity (Wildman–Crippen MR) is 155 cm³/mol. The molecule has 0 aliphatic rings. The van der Waals surface area contributed by atoms with Crippen molar-refractivity contribution < 1.29 is 0 Å². The summed E-state index contributed by atoms with van der Waals surface area (Å²) in [6.07, 6.45) is 2.78. The number of benzene rings is 4. The Balaban J connectivity index is 1.34. The van der Waals surface area contributed by atoms with Crippen LogP contribution in [0.4, 0.5) is 0 Å². The van der Waals surface area contributed by atoms with Crippen molar-refractivity contribution in [2.45, 2.75) is 17.5 Å². The molecule has 0 unspecified atom stereocenters. The van der Waals surface area contributed by atoms with Crippen LogP contribution in [0.2, 0.25) is 10.0 Å². The minimum absolute atomic E-state index is 0.219. The summed E-state index contributed by atoms with van der Waals surface area (Å²) in [7, 11) is 0.129. The first-order valence-electron chi connectivity index (χ1n) is 12.1. The highest BCUT2D eigenvalue weighted by atomic mass is 35.5. The molecule has 0 spiro atoms. The van der Waals surface area contributed by atoms with E-state index in [1.54, 1.807) is 0 Å². The molecule has 0 N–H and O–H groups in total. The van der Waals surface area contributed by atoms with Crippen LogP contribution < -0.4 is 5.72 Å². The monoisotopic (exact) mass is 525 g/mol. The van der Waals surface area contributed by atoms with Crippen molar-refractivity contribution in [1.29, 1.82) is 0 Å². The fourth-order valence-electron chi connectivity index (χ4n) is 4.69. The largest absolute Gasteiger partial charge is 0.257 e. The maximum absolute atomic E-state index is 6.16. The van der Waals surface area contributed by atoms with Gasteiger partial charge < -0.3 is 0 Å². The minimum Gasteiger partial charge on any atom is -0.257 e. The molecular formula is C29H26BCl2N3Si. The normalized spacial score (nSPS) is 11.6. The van der Waals surface area contributed by atoms with Gasteiger partial charge in [0.25, 0.3) is 0 Å². The lowest BCUT2D eigenvalue weighted by Crippen LogP contribution is -2.27. The molecule has 5 rings (SSSR count). The molecule has 1 heterocycles. The molecule has 178 valence electrons. The van der Waals surface area contributed by atoms with E-state index in [0.717, 1.165) is 29.2 Å². The molecule has 0 atom stereocenters. The quantitative estimate of drug-likeness (QED) is 0.243. The van der Waals surface area contributed by atoms with Crippen LogP contribution in [0.15, 0.2) is 116 Å². The average Bonchev–Trinajstić information content (AvgIpc) is 3.38. The van der Waals surface area contributed by atoms with Gasteiger partial charge in [-0.2, -0.15) is 5.10 Å². The van der Waals surface area contributed by atoms with Crippen LogP contribution in [-0.2, 0) is 6.17 Å². The molecule has 0 aliphatic heterocycles. The molecule has 36 heavy (non-hydrogen) atoms. The zero-order valence-electron chi connectivity index (χ0n) is 19.8. The SMILES string of the molecule is Clc1ccc(C([SiH2]Cn2cnc(BC(c3ccccc3)c3ccccc3)n2)c2ccc(Cl)cc2)cc1. The Morgan fingerprint density at radius 2 is 1.17 bits per heavy atom. The molecule has 0 bridgehead atoms. The highest BCUT2D eigenvalue weighted by molar-refractivity contribution is 6.53. The first-order chi connectivity index (χ1) is 17.7. The molecule has 1 aromatic heterocycles. The van der Waals surface area contributed by atoms with Crippen molar-refractivity contribution in [2.75, 3.05) is 0 Å². The van der Waals surface area contributed by atoms with Crippen molar-refractivity contribution >= 4 is 45.7 Å².